The van der Waals surface area contributed by atoms with E-state index in [2.05, 4.69) is 23.8 Å². The molecule has 2 aromatic heterocycles. The number of rotatable bonds is 2. The Morgan fingerprint density at radius 1 is 1.24 bits per heavy atom. The van der Waals surface area contributed by atoms with Gasteiger partial charge in [-0.25, -0.2) is 9.55 Å². The first-order valence-electron chi connectivity index (χ1n) is 10.3. The molecule has 4 heterocycles. The highest BCUT2D eigenvalue weighted by molar-refractivity contribution is 7.18. The predicted octanol–water partition coefficient (Wildman–Crippen LogP) is 4.47. The summed E-state index contributed by atoms with van der Waals surface area (Å²) in [6.45, 7) is 5.02. The fourth-order valence-corrected chi connectivity index (χ4v) is 6.07. The lowest BCUT2D eigenvalue weighted by atomic mass is 10.0. The molecule has 0 saturated carbocycles. The number of nitrogens with zero attached hydrogens (tertiary/aromatic N) is 4. The van der Waals surface area contributed by atoms with E-state index in [-0.39, 0.29) is 5.56 Å². The van der Waals surface area contributed by atoms with Crippen LogP contribution < -0.4 is 10.5 Å². The van der Waals surface area contributed by atoms with Crippen LogP contribution in [-0.2, 0) is 13.0 Å². The van der Waals surface area contributed by atoms with E-state index in [0.717, 1.165) is 60.7 Å². The lowest BCUT2D eigenvalue weighted by Gasteiger charge is -2.35. The molecule has 1 fully saturated rings. The monoisotopic (exact) mass is 428 g/mol. The zero-order chi connectivity index (χ0) is 20.1. The molecule has 1 aromatic carbocycles. The quantitative estimate of drug-likeness (QED) is 0.604. The van der Waals surface area contributed by atoms with E-state index >= 15 is 0 Å². The molecule has 0 amide bonds. The summed E-state index contributed by atoms with van der Waals surface area (Å²) in [4.78, 5) is 25.7. The average molecular weight is 429 g/mol. The topological polar surface area (TPSA) is 41.4 Å². The van der Waals surface area contributed by atoms with E-state index in [1.54, 1.807) is 15.9 Å². The number of piperidine rings is 1. The second-order valence-corrected chi connectivity index (χ2v) is 9.76. The van der Waals surface area contributed by atoms with Crippen LogP contribution in [-0.4, -0.2) is 40.6 Å². The number of halogens is 1. The van der Waals surface area contributed by atoms with Gasteiger partial charge in [0.05, 0.1) is 11.1 Å². The molecule has 0 bridgehead atoms. The number of benzene rings is 1. The average Bonchev–Trinajstić information content (AvgIpc) is 3.05. The molecule has 152 valence electrons. The van der Waals surface area contributed by atoms with Crippen LogP contribution in [0, 0.1) is 0 Å². The minimum Gasteiger partial charge on any atom is -0.339 e. The second kappa shape index (κ2) is 7.42. The highest BCUT2D eigenvalue weighted by Gasteiger charge is 2.28. The standard InChI is InChI=1S/C22H25ClN4OS/c1-14-6-3-4-10-26(14)22-24-20-19(17-9-11-25(2)13-18(17)29-20)21(28)27(22)16-8-5-7-15(23)12-16/h5,7-8,12,14H,3-4,6,9-11,13H2,1-2H3/t14-/m1/s1. The van der Waals surface area contributed by atoms with Gasteiger partial charge in [-0.2, -0.15) is 0 Å². The molecule has 5 rings (SSSR count). The molecule has 1 atom stereocenters. The van der Waals surface area contributed by atoms with Crippen molar-refractivity contribution in [3.8, 4) is 5.69 Å². The summed E-state index contributed by atoms with van der Waals surface area (Å²) >= 11 is 7.97. The number of fused-ring (bicyclic) bond motifs is 3. The molecule has 0 radical (unpaired) electrons. The van der Waals surface area contributed by atoms with Crippen LogP contribution in [0.25, 0.3) is 15.9 Å². The molecular formula is C22H25ClN4OS. The van der Waals surface area contributed by atoms with Gasteiger partial charge < -0.3 is 9.80 Å². The van der Waals surface area contributed by atoms with Crippen molar-refractivity contribution in [3.05, 3.63) is 50.1 Å². The number of thiophene rings is 1. The van der Waals surface area contributed by atoms with Gasteiger partial charge in [0.1, 0.15) is 4.83 Å². The summed E-state index contributed by atoms with van der Waals surface area (Å²) in [5.74, 6) is 0.754. The van der Waals surface area contributed by atoms with Gasteiger partial charge in [-0.15, -0.1) is 11.3 Å². The zero-order valence-electron chi connectivity index (χ0n) is 16.8. The van der Waals surface area contributed by atoms with E-state index < -0.39 is 0 Å². The Balaban J connectivity index is 1.80. The van der Waals surface area contributed by atoms with Crippen molar-refractivity contribution in [3.63, 3.8) is 0 Å². The summed E-state index contributed by atoms with van der Waals surface area (Å²) in [6.07, 6.45) is 4.37. The van der Waals surface area contributed by atoms with E-state index in [0.29, 0.717) is 11.1 Å². The number of hydrogen-bond donors (Lipinski definition) is 0. The molecule has 0 N–H and O–H groups in total. The molecule has 7 heteroatoms. The summed E-state index contributed by atoms with van der Waals surface area (Å²) in [6, 6.07) is 7.91. The van der Waals surface area contributed by atoms with Crippen molar-refractivity contribution in [1.82, 2.24) is 14.5 Å². The molecule has 3 aromatic rings. The van der Waals surface area contributed by atoms with Crippen LogP contribution in [0.3, 0.4) is 0 Å². The van der Waals surface area contributed by atoms with Crippen molar-refractivity contribution < 1.29 is 0 Å². The molecule has 1 saturated heterocycles. The molecule has 29 heavy (non-hydrogen) atoms. The van der Waals surface area contributed by atoms with E-state index in [4.69, 9.17) is 16.6 Å². The predicted molar refractivity (Wildman–Crippen MR) is 121 cm³/mol. The maximum atomic E-state index is 13.9. The Labute approximate surface area is 179 Å². The highest BCUT2D eigenvalue weighted by Crippen LogP contribution is 2.35. The fourth-order valence-electron chi connectivity index (χ4n) is 4.60. The summed E-state index contributed by atoms with van der Waals surface area (Å²) < 4.78 is 1.79. The minimum absolute atomic E-state index is 0.0343. The summed E-state index contributed by atoms with van der Waals surface area (Å²) in [7, 11) is 2.13. The lowest BCUT2D eigenvalue weighted by Crippen LogP contribution is -2.41. The van der Waals surface area contributed by atoms with Crippen molar-refractivity contribution in [2.45, 2.75) is 45.2 Å². The van der Waals surface area contributed by atoms with E-state index in [1.165, 1.54) is 16.9 Å². The van der Waals surface area contributed by atoms with Gasteiger partial charge in [-0.3, -0.25) is 4.79 Å². The molecule has 0 spiro atoms. The van der Waals surface area contributed by atoms with Gasteiger partial charge in [0, 0.05) is 35.6 Å². The number of anilines is 1. The Kier molecular flexibility index (Phi) is 4.88. The van der Waals surface area contributed by atoms with Gasteiger partial charge >= 0.3 is 0 Å². The maximum Gasteiger partial charge on any atom is 0.268 e. The second-order valence-electron chi connectivity index (χ2n) is 8.24. The SMILES string of the molecule is C[C@@H]1CCCCN1c1nc2sc3c(c2c(=O)n1-c1cccc(Cl)c1)CCN(C)C3. The summed E-state index contributed by atoms with van der Waals surface area (Å²) in [5.41, 5.74) is 2.01. The van der Waals surface area contributed by atoms with Crippen molar-refractivity contribution >= 4 is 39.1 Å². The molecule has 2 aliphatic heterocycles. The first kappa shape index (κ1) is 19.1. The molecular weight excluding hydrogens is 404 g/mol. The van der Waals surface area contributed by atoms with E-state index in [1.807, 2.05) is 24.3 Å². The molecule has 5 nitrogen and oxygen atoms in total. The largest absolute Gasteiger partial charge is 0.339 e. The molecule has 0 unspecified atom stereocenters. The van der Waals surface area contributed by atoms with Crippen LogP contribution in [0.15, 0.2) is 29.1 Å². The fraction of sp³-hybridized carbons (Fsp3) is 0.455. The van der Waals surface area contributed by atoms with Crippen LogP contribution in [0.2, 0.25) is 5.02 Å². The lowest BCUT2D eigenvalue weighted by molar-refractivity contribution is 0.318. The third-order valence-corrected chi connectivity index (χ3v) is 7.52. The third-order valence-electron chi connectivity index (χ3n) is 6.17. The zero-order valence-corrected chi connectivity index (χ0v) is 18.4. The normalized spacial score (nSPS) is 20.2. The van der Waals surface area contributed by atoms with Crippen molar-refractivity contribution in [1.29, 1.82) is 0 Å². The van der Waals surface area contributed by atoms with E-state index in [9.17, 15) is 4.79 Å². The number of aromatic nitrogens is 2. The molecule has 0 aliphatic carbocycles. The number of likely N-dealkylation sites (N-methyl/N-ethyl adjacent to an activating group) is 1. The van der Waals surface area contributed by atoms with Gasteiger partial charge in [0.2, 0.25) is 5.95 Å². The smallest absolute Gasteiger partial charge is 0.268 e. The van der Waals surface area contributed by atoms with Gasteiger partial charge in [-0.05, 0) is 63.4 Å². The van der Waals surface area contributed by atoms with Gasteiger partial charge in [0.15, 0.2) is 0 Å². The first-order valence-corrected chi connectivity index (χ1v) is 11.5. The minimum atomic E-state index is 0.0343. The Morgan fingerprint density at radius 2 is 2.10 bits per heavy atom. The maximum absolute atomic E-state index is 13.9. The number of hydrogen-bond acceptors (Lipinski definition) is 5. The van der Waals surface area contributed by atoms with Crippen molar-refractivity contribution in [2.24, 2.45) is 0 Å². The Bertz CT molecular complexity index is 1140. The van der Waals surface area contributed by atoms with Crippen LogP contribution in [0.1, 0.15) is 36.6 Å². The molecule has 2 aliphatic rings. The highest BCUT2D eigenvalue weighted by atomic mass is 35.5. The Morgan fingerprint density at radius 3 is 2.90 bits per heavy atom. The third kappa shape index (κ3) is 3.27. The first-order chi connectivity index (χ1) is 14.0. The van der Waals surface area contributed by atoms with Crippen LogP contribution in [0.4, 0.5) is 5.95 Å². The van der Waals surface area contributed by atoms with Crippen molar-refractivity contribution in [2.75, 3.05) is 25.0 Å². The summed E-state index contributed by atoms with van der Waals surface area (Å²) in [5, 5.41) is 1.42. The Hall–Kier alpha value is -1.89. The van der Waals surface area contributed by atoms with Crippen LogP contribution in [0.5, 0.6) is 0 Å². The van der Waals surface area contributed by atoms with Gasteiger partial charge in [-0.1, -0.05) is 17.7 Å². The van der Waals surface area contributed by atoms with Gasteiger partial charge in [0.25, 0.3) is 5.56 Å². The van der Waals surface area contributed by atoms with Crippen LogP contribution >= 0.6 is 22.9 Å².